The monoisotopic (exact) mass is 292 g/mol. The third-order valence-corrected chi connectivity index (χ3v) is 3.22. The molecule has 0 heterocycles. The highest BCUT2D eigenvalue weighted by Gasteiger charge is 2.19. The minimum atomic E-state index is -1.09. The molecular weight excluding hydrogens is 280 g/mol. The first-order chi connectivity index (χ1) is 9.58. The van der Waals surface area contributed by atoms with E-state index in [0.29, 0.717) is 16.3 Å². The molecule has 5 heteroatoms. The summed E-state index contributed by atoms with van der Waals surface area (Å²) in [4.78, 5) is 11.3. The molecule has 0 spiro atoms. The van der Waals surface area contributed by atoms with Crippen molar-refractivity contribution in [2.45, 2.75) is 0 Å². The molecule has 0 saturated heterocycles. The number of rotatable bonds is 4. The van der Waals surface area contributed by atoms with Crippen LogP contribution in [0.3, 0.4) is 0 Å². The maximum Gasteiger partial charge on any atom is 0.339 e. The maximum absolute atomic E-state index is 11.3. The number of ether oxygens (including phenoxy) is 2. The number of carboxylic acids is 1. The molecule has 1 N–H and O–H groups in total. The van der Waals surface area contributed by atoms with Gasteiger partial charge in [-0.2, -0.15) is 0 Å². The smallest absolute Gasteiger partial charge is 0.339 e. The SMILES string of the molecule is COc1cc(-c2ccccc2Cl)cc(C(=O)O)c1OC. The van der Waals surface area contributed by atoms with Gasteiger partial charge in [-0.05, 0) is 23.8 Å². The molecule has 0 fully saturated rings. The summed E-state index contributed by atoms with van der Waals surface area (Å²) >= 11 is 6.14. The molecule has 0 aliphatic heterocycles. The second-order valence-electron chi connectivity index (χ2n) is 4.04. The molecule has 2 aromatic rings. The van der Waals surface area contributed by atoms with Gasteiger partial charge in [0.05, 0.1) is 14.2 Å². The summed E-state index contributed by atoms with van der Waals surface area (Å²) in [6.45, 7) is 0. The van der Waals surface area contributed by atoms with E-state index in [2.05, 4.69) is 0 Å². The Morgan fingerprint density at radius 3 is 2.40 bits per heavy atom. The highest BCUT2D eigenvalue weighted by molar-refractivity contribution is 6.33. The minimum absolute atomic E-state index is 0.0294. The Kier molecular flexibility index (Phi) is 4.15. The number of aromatic carboxylic acids is 1. The predicted octanol–water partition coefficient (Wildman–Crippen LogP) is 3.72. The molecule has 0 aromatic heterocycles. The molecule has 20 heavy (non-hydrogen) atoms. The van der Waals surface area contributed by atoms with Crippen LogP contribution < -0.4 is 9.47 Å². The van der Waals surface area contributed by atoms with Gasteiger partial charge in [0.2, 0.25) is 0 Å². The fraction of sp³-hybridized carbons (Fsp3) is 0.133. The summed E-state index contributed by atoms with van der Waals surface area (Å²) in [6, 6.07) is 10.4. The van der Waals surface area contributed by atoms with Crippen molar-refractivity contribution in [2.75, 3.05) is 14.2 Å². The average Bonchev–Trinajstić information content (AvgIpc) is 2.46. The number of benzene rings is 2. The van der Waals surface area contributed by atoms with Crippen LogP contribution in [0.1, 0.15) is 10.4 Å². The van der Waals surface area contributed by atoms with Gasteiger partial charge in [-0.3, -0.25) is 0 Å². The molecule has 0 unspecified atom stereocenters. The fourth-order valence-electron chi connectivity index (χ4n) is 1.97. The Hall–Kier alpha value is -2.20. The van der Waals surface area contributed by atoms with Crippen LogP contribution in [0, 0.1) is 0 Å². The average molecular weight is 293 g/mol. The van der Waals surface area contributed by atoms with E-state index in [1.54, 1.807) is 12.1 Å². The summed E-state index contributed by atoms with van der Waals surface area (Å²) in [5, 5.41) is 9.83. The number of carboxylic acid groups (broad SMARTS) is 1. The largest absolute Gasteiger partial charge is 0.493 e. The summed E-state index contributed by atoms with van der Waals surface area (Å²) < 4.78 is 10.3. The van der Waals surface area contributed by atoms with Crippen LogP contribution in [0.5, 0.6) is 11.5 Å². The van der Waals surface area contributed by atoms with Crippen LogP contribution in [0.25, 0.3) is 11.1 Å². The number of hydrogen-bond donors (Lipinski definition) is 1. The summed E-state index contributed by atoms with van der Waals surface area (Å²) in [6.07, 6.45) is 0. The van der Waals surface area contributed by atoms with E-state index >= 15 is 0 Å². The molecule has 2 rings (SSSR count). The summed E-state index contributed by atoms with van der Waals surface area (Å²) in [7, 11) is 2.86. The van der Waals surface area contributed by atoms with Crippen LogP contribution >= 0.6 is 11.6 Å². The highest BCUT2D eigenvalue weighted by Crippen LogP contribution is 2.38. The Balaban J connectivity index is 2.70. The Morgan fingerprint density at radius 1 is 1.15 bits per heavy atom. The predicted molar refractivity (Wildman–Crippen MR) is 77.0 cm³/mol. The standard InChI is InChI=1S/C15H13ClO4/c1-19-13-8-9(10-5-3-4-6-12(10)16)7-11(15(17)18)14(13)20-2/h3-8H,1-2H3,(H,17,18). The van der Waals surface area contributed by atoms with Gasteiger partial charge in [0.15, 0.2) is 11.5 Å². The van der Waals surface area contributed by atoms with Gasteiger partial charge in [-0.1, -0.05) is 29.8 Å². The lowest BCUT2D eigenvalue weighted by Gasteiger charge is -2.13. The summed E-state index contributed by atoms with van der Waals surface area (Å²) in [5.41, 5.74) is 1.42. The molecular formula is C15H13ClO4. The van der Waals surface area contributed by atoms with Crippen molar-refractivity contribution >= 4 is 17.6 Å². The fourth-order valence-corrected chi connectivity index (χ4v) is 2.22. The molecule has 0 aliphatic rings. The molecule has 0 saturated carbocycles. The third kappa shape index (κ3) is 2.56. The lowest BCUT2D eigenvalue weighted by molar-refractivity contribution is 0.0692. The first-order valence-corrected chi connectivity index (χ1v) is 6.20. The third-order valence-electron chi connectivity index (χ3n) is 2.89. The van der Waals surface area contributed by atoms with Crippen molar-refractivity contribution in [1.29, 1.82) is 0 Å². The molecule has 0 bridgehead atoms. The van der Waals surface area contributed by atoms with E-state index in [9.17, 15) is 9.90 Å². The van der Waals surface area contributed by atoms with Crippen LogP contribution in [0.15, 0.2) is 36.4 Å². The van der Waals surface area contributed by atoms with Crippen molar-refractivity contribution < 1.29 is 19.4 Å². The zero-order chi connectivity index (χ0) is 14.7. The van der Waals surface area contributed by atoms with Crippen molar-refractivity contribution in [1.82, 2.24) is 0 Å². The molecule has 0 atom stereocenters. The second kappa shape index (κ2) is 5.84. The van der Waals surface area contributed by atoms with Gasteiger partial charge in [-0.15, -0.1) is 0 Å². The highest BCUT2D eigenvalue weighted by atomic mass is 35.5. The number of hydrogen-bond acceptors (Lipinski definition) is 3. The Morgan fingerprint density at radius 2 is 1.85 bits per heavy atom. The lowest BCUT2D eigenvalue weighted by Crippen LogP contribution is -2.03. The van der Waals surface area contributed by atoms with Gasteiger partial charge >= 0.3 is 5.97 Å². The Labute approximate surface area is 121 Å². The van der Waals surface area contributed by atoms with Crippen LogP contribution in [-0.2, 0) is 0 Å². The van der Waals surface area contributed by atoms with Gasteiger partial charge in [0.25, 0.3) is 0 Å². The van der Waals surface area contributed by atoms with Gasteiger partial charge in [0.1, 0.15) is 5.56 Å². The van der Waals surface area contributed by atoms with E-state index in [4.69, 9.17) is 21.1 Å². The molecule has 2 aromatic carbocycles. The second-order valence-corrected chi connectivity index (χ2v) is 4.45. The van der Waals surface area contributed by atoms with E-state index in [0.717, 1.165) is 5.56 Å². The molecule has 4 nitrogen and oxygen atoms in total. The van der Waals surface area contributed by atoms with E-state index in [1.165, 1.54) is 20.3 Å². The Bertz CT molecular complexity index is 652. The first-order valence-electron chi connectivity index (χ1n) is 5.82. The zero-order valence-electron chi connectivity index (χ0n) is 11.0. The van der Waals surface area contributed by atoms with E-state index < -0.39 is 5.97 Å². The van der Waals surface area contributed by atoms with Gasteiger partial charge in [-0.25, -0.2) is 4.79 Å². The molecule has 104 valence electrons. The maximum atomic E-state index is 11.3. The summed E-state index contributed by atoms with van der Waals surface area (Å²) in [5.74, 6) is -0.549. The van der Waals surface area contributed by atoms with Gasteiger partial charge < -0.3 is 14.6 Å². The quantitative estimate of drug-likeness (QED) is 0.933. The first kappa shape index (κ1) is 14.2. The minimum Gasteiger partial charge on any atom is -0.493 e. The van der Waals surface area contributed by atoms with Crippen LogP contribution in [-0.4, -0.2) is 25.3 Å². The number of carbonyl (C=O) groups is 1. The van der Waals surface area contributed by atoms with E-state index in [-0.39, 0.29) is 11.3 Å². The molecule has 0 radical (unpaired) electrons. The topological polar surface area (TPSA) is 55.8 Å². The van der Waals surface area contributed by atoms with Gasteiger partial charge in [0, 0.05) is 10.6 Å². The van der Waals surface area contributed by atoms with Crippen molar-refractivity contribution in [3.8, 4) is 22.6 Å². The molecule has 0 amide bonds. The zero-order valence-corrected chi connectivity index (χ0v) is 11.8. The normalized spacial score (nSPS) is 10.2. The lowest BCUT2D eigenvalue weighted by atomic mass is 10.0. The number of halogens is 1. The van der Waals surface area contributed by atoms with Crippen molar-refractivity contribution in [3.63, 3.8) is 0 Å². The van der Waals surface area contributed by atoms with Crippen molar-refractivity contribution in [3.05, 3.63) is 47.0 Å². The van der Waals surface area contributed by atoms with Crippen molar-refractivity contribution in [2.24, 2.45) is 0 Å². The number of methoxy groups -OCH3 is 2. The van der Waals surface area contributed by atoms with Crippen LogP contribution in [0.2, 0.25) is 5.02 Å². The van der Waals surface area contributed by atoms with Crippen LogP contribution in [0.4, 0.5) is 0 Å². The van der Waals surface area contributed by atoms with E-state index in [1.807, 2.05) is 18.2 Å². The molecule has 0 aliphatic carbocycles.